The first-order valence-electron chi connectivity index (χ1n) is 6.80. The molecule has 0 unspecified atom stereocenters. The third-order valence-corrected chi connectivity index (χ3v) is 3.98. The van der Waals surface area contributed by atoms with Gasteiger partial charge < -0.3 is 10.6 Å². The summed E-state index contributed by atoms with van der Waals surface area (Å²) >= 11 is 11.8. The van der Waals surface area contributed by atoms with Crippen molar-refractivity contribution >= 4 is 46.6 Å². The van der Waals surface area contributed by atoms with E-state index in [1.165, 1.54) is 12.1 Å². The second kappa shape index (κ2) is 7.58. The number of carbonyl (C=O) groups excluding carboxylic acids is 3. The Morgan fingerprint density at radius 3 is 2.23 bits per heavy atom. The topological polar surface area (TPSA) is 87.3 Å². The predicted molar refractivity (Wildman–Crippen MR) is 83.8 cm³/mol. The van der Waals surface area contributed by atoms with Gasteiger partial charge in [0, 0.05) is 5.92 Å². The number of hydrogen-bond donors (Lipinski definition) is 3. The summed E-state index contributed by atoms with van der Waals surface area (Å²) in [6.45, 7) is 1.43. The van der Waals surface area contributed by atoms with Crippen LogP contribution in [0, 0.1) is 5.92 Å². The highest BCUT2D eigenvalue weighted by atomic mass is 35.5. The van der Waals surface area contributed by atoms with Gasteiger partial charge in [-0.15, -0.1) is 0 Å². The molecule has 0 radical (unpaired) electrons. The molecule has 2 rings (SSSR count). The summed E-state index contributed by atoms with van der Waals surface area (Å²) in [5.41, 5.74) is 0.139. The molecule has 118 valence electrons. The van der Waals surface area contributed by atoms with Gasteiger partial charge >= 0.3 is 11.8 Å². The third-order valence-electron chi connectivity index (χ3n) is 3.35. The number of nitrogens with one attached hydrogen (secondary N) is 3. The largest absolute Gasteiger partial charge is 0.317 e. The van der Waals surface area contributed by atoms with E-state index in [0.29, 0.717) is 25.9 Å². The fourth-order valence-electron chi connectivity index (χ4n) is 2.14. The average molecular weight is 344 g/mol. The molecular weight excluding hydrogens is 329 g/mol. The standard InChI is InChI=1S/C14H15Cl2N3O3/c15-9-2-1-3-10(16)11(9)18-13(21)14(22)19-12(20)8-4-6-17-7-5-8/h1-3,8,17H,4-7H2,(H,18,21)(H,19,20,22). The number of para-hydroxylation sites is 1. The lowest BCUT2D eigenvalue weighted by atomic mass is 9.97. The van der Waals surface area contributed by atoms with Gasteiger partial charge in [0.2, 0.25) is 5.91 Å². The van der Waals surface area contributed by atoms with E-state index in [9.17, 15) is 14.4 Å². The first-order valence-corrected chi connectivity index (χ1v) is 7.55. The van der Waals surface area contributed by atoms with Crippen molar-refractivity contribution in [3.8, 4) is 0 Å². The fraction of sp³-hybridized carbons (Fsp3) is 0.357. The number of hydrogen-bond acceptors (Lipinski definition) is 4. The van der Waals surface area contributed by atoms with Crippen LogP contribution in [0.3, 0.4) is 0 Å². The van der Waals surface area contributed by atoms with Crippen LogP contribution < -0.4 is 16.0 Å². The van der Waals surface area contributed by atoms with Crippen molar-refractivity contribution in [3.63, 3.8) is 0 Å². The second-order valence-corrected chi connectivity index (χ2v) is 5.71. The van der Waals surface area contributed by atoms with Crippen molar-refractivity contribution < 1.29 is 14.4 Å². The van der Waals surface area contributed by atoms with E-state index in [-0.39, 0.29) is 21.7 Å². The van der Waals surface area contributed by atoms with Crippen molar-refractivity contribution in [2.75, 3.05) is 18.4 Å². The fourth-order valence-corrected chi connectivity index (χ4v) is 2.63. The van der Waals surface area contributed by atoms with Crippen molar-refractivity contribution in [2.24, 2.45) is 5.92 Å². The highest BCUT2D eigenvalue weighted by Gasteiger charge is 2.25. The summed E-state index contributed by atoms with van der Waals surface area (Å²) in [5.74, 6) is -2.72. The second-order valence-electron chi connectivity index (χ2n) is 4.89. The van der Waals surface area contributed by atoms with Gasteiger partial charge in [0.15, 0.2) is 0 Å². The van der Waals surface area contributed by atoms with Crippen molar-refractivity contribution in [1.29, 1.82) is 0 Å². The minimum absolute atomic E-state index is 0.139. The Balaban J connectivity index is 1.94. The molecule has 1 aromatic carbocycles. The van der Waals surface area contributed by atoms with Crippen LogP contribution in [0.2, 0.25) is 10.0 Å². The quantitative estimate of drug-likeness (QED) is 0.711. The minimum atomic E-state index is -1.03. The van der Waals surface area contributed by atoms with E-state index >= 15 is 0 Å². The molecule has 0 spiro atoms. The normalized spacial score (nSPS) is 15.2. The van der Waals surface area contributed by atoms with Crippen LogP contribution in [0.25, 0.3) is 0 Å². The molecule has 6 nitrogen and oxygen atoms in total. The van der Waals surface area contributed by atoms with Gasteiger partial charge in [0.1, 0.15) is 0 Å². The summed E-state index contributed by atoms with van der Waals surface area (Å²) in [4.78, 5) is 35.5. The van der Waals surface area contributed by atoms with Crippen LogP contribution in [-0.4, -0.2) is 30.8 Å². The third kappa shape index (κ3) is 4.19. The number of benzene rings is 1. The molecule has 0 atom stereocenters. The molecule has 1 heterocycles. The van der Waals surface area contributed by atoms with Crippen LogP contribution in [0.5, 0.6) is 0 Å². The highest BCUT2D eigenvalue weighted by Crippen LogP contribution is 2.29. The SMILES string of the molecule is O=C(NC(=O)C1CCNCC1)C(=O)Nc1c(Cl)cccc1Cl. The number of carbonyl (C=O) groups is 3. The van der Waals surface area contributed by atoms with Gasteiger partial charge in [0.25, 0.3) is 0 Å². The molecule has 0 bridgehead atoms. The number of amides is 3. The van der Waals surface area contributed by atoms with Gasteiger partial charge in [-0.05, 0) is 38.1 Å². The lowest BCUT2D eigenvalue weighted by Gasteiger charge is -2.21. The Hall–Kier alpha value is -1.63. The number of rotatable bonds is 2. The van der Waals surface area contributed by atoms with Crippen molar-refractivity contribution in [1.82, 2.24) is 10.6 Å². The van der Waals surface area contributed by atoms with Crippen molar-refractivity contribution in [2.45, 2.75) is 12.8 Å². The highest BCUT2D eigenvalue weighted by molar-refractivity contribution is 6.45. The number of halogens is 2. The molecule has 22 heavy (non-hydrogen) atoms. The molecule has 1 aliphatic rings. The molecular formula is C14H15Cl2N3O3. The number of imide groups is 1. The van der Waals surface area contributed by atoms with Crippen LogP contribution in [0.4, 0.5) is 5.69 Å². The van der Waals surface area contributed by atoms with E-state index in [0.717, 1.165) is 0 Å². The molecule has 0 aromatic heterocycles. The lowest BCUT2D eigenvalue weighted by Crippen LogP contribution is -2.44. The lowest BCUT2D eigenvalue weighted by molar-refractivity contribution is -0.141. The van der Waals surface area contributed by atoms with Gasteiger partial charge in [0.05, 0.1) is 15.7 Å². The smallest absolute Gasteiger partial charge is 0.316 e. The average Bonchev–Trinajstić information content (AvgIpc) is 2.51. The zero-order valence-corrected chi connectivity index (χ0v) is 13.1. The van der Waals surface area contributed by atoms with Gasteiger partial charge in [-0.1, -0.05) is 29.3 Å². The predicted octanol–water partition coefficient (Wildman–Crippen LogP) is 1.57. The van der Waals surface area contributed by atoms with E-state index in [1.54, 1.807) is 6.07 Å². The van der Waals surface area contributed by atoms with Crippen LogP contribution in [0.15, 0.2) is 18.2 Å². The summed E-state index contributed by atoms with van der Waals surface area (Å²) in [7, 11) is 0. The molecule has 0 aliphatic carbocycles. The summed E-state index contributed by atoms with van der Waals surface area (Å²) < 4.78 is 0. The van der Waals surface area contributed by atoms with Gasteiger partial charge in [-0.3, -0.25) is 19.7 Å². The van der Waals surface area contributed by atoms with Gasteiger partial charge in [-0.2, -0.15) is 0 Å². The van der Waals surface area contributed by atoms with Crippen molar-refractivity contribution in [3.05, 3.63) is 28.2 Å². The molecule has 1 aromatic rings. The maximum Gasteiger partial charge on any atom is 0.316 e. The summed E-state index contributed by atoms with van der Waals surface area (Å²) in [6, 6.07) is 4.67. The Kier molecular flexibility index (Phi) is 5.76. The molecule has 1 fully saturated rings. The molecule has 8 heteroatoms. The first-order chi connectivity index (χ1) is 10.5. The van der Waals surface area contributed by atoms with Crippen LogP contribution >= 0.6 is 23.2 Å². The Morgan fingerprint density at radius 1 is 1.05 bits per heavy atom. The summed E-state index contributed by atoms with van der Waals surface area (Å²) in [5, 5.41) is 7.94. The maximum absolute atomic E-state index is 11.9. The monoisotopic (exact) mass is 343 g/mol. The zero-order valence-electron chi connectivity index (χ0n) is 11.6. The molecule has 3 amide bonds. The van der Waals surface area contributed by atoms with Gasteiger partial charge in [-0.25, -0.2) is 0 Å². The molecule has 3 N–H and O–H groups in total. The zero-order chi connectivity index (χ0) is 16.1. The van der Waals surface area contributed by atoms with E-state index in [2.05, 4.69) is 16.0 Å². The van der Waals surface area contributed by atoms with Crippen LogP contribution in [0.1, 0.15) is 12.8 Å². The Bertz CT molecular complexity index is 581. The van der Waals surface area contributed by atoms with E-state index in [4.69, 9.17) is 23.2 Å². The first kappa shape index (κ1) is 16.7. The molecule has 1 aliphatic heterocycles. The summed E-state index contributed by atoms with van der Waals surface area (Å²) in [6.07, 6.45) is 1.27. The van der Waals surface area contributed by atoms with E-state index < -0.39 is 17.7 Å². The van der Waals surface area contributed by atoms with E-state index in [1.807, 2.05) is 0 Å². The minimum Gasteiger partial charge on any atom is -0.317 e. The van der Waals surface area contributed by atoms with Crippen LogP contribution in [-0.2, 0) is 14.4 Å². The molecule has 1 saturated heterocycles. The Morgan fingerprint density at radius 2 is 1.64 bits per heavy atom. The Labute approximate surface area is 137 Å². The number of anilines is 1. The maximum atomic E-state index is 11.9. The molecule has 0 saturated carbocycles. The number of piperidine rings is 1.